The Morgan fingerprint density at radius 2 is 1.90 bits per heavy atom. The molecule has 21 heavy (non-hydrogen) atoms. The third kappa shape index (κ3) is 4.05. The van der Waals surface area contributed by atoms with E-state index in [-0.39, 0.29) is 0 Å². The van der Waals surface area contributed by atoms with Gasteiger partial charge in [-0.2, -0.15) is 0 Å². The van der Waals surface area contributed by atoms with Gasteiger partial charge in [0.2, 0.25) is 5.88 Å². The molecule has 110 valence electrons. The van der Waals surface area contributed by atoms with Crippen LogP contribution in [0.3, 0.4) is 0 Å². The number of pyridine rings is 1. The Hall–Kier alpha value is -1.87. The van der Waals surface area contributed by atoms with Gasteiger partial charge in [0, 0.05) is 18.7 Å². The molecule has 1 heterocycles. The van der Waals surface area contributed by atoms with Crippen molar-refractivity contribution in [3.8, 4) is 11.6 Å². The number of rotatable bonds is 6. The monoisotopic (exact) mass is 282 g/mol. The molecule has 1 aromatic carbocycles. The minimum atomic E-state index is 0.536. The first kappa shape index (κ1) is 14.1. The smallest absolute Gasteiger partial charge is 0.219 e. The van der Waals surface area contributed by atoms with Crippen molar-refractivity contribution in [2.45, 2.75) is 45.2 Å². The predicted molar refractivity (Wildman–Crippen MR) is 84.7 cm³/mol. The number of nitrogens with one attached hydrogen (secondary N) is 1. The van der Waals surface area contributed by atoms with Crippen LogP contribution in [0.15, 0.2) is 42.5 Å². The van der Waals surface area contributed by atoms with Gasteiger partial charge in [-0.05, 0) is 42.5 Å². The van der Waals surface area contributed by atoms with Crippen LogP contribution in [0.2, 0.25) is 0 Å². The fourth-order valence-electron chi connectivity index (χ4n) is 2.19. The molecule has 0 amide bonds. The fourth-order valence-corrected chi connectivity index (χ4v) is 2.19. The summed E-state index contributed by atoms with van der Waals surface area (Å²) in [7, 11) is 0. The van der Waals surface area contributed by atoms with Crippen molar-refractivity contribution in [1.29, 1.82) is 0 Å². The standard InChI is InChI=1S/C18H22N2O/c1-13(2)14-6-10-17(11-7-14)21-18-5-3-4-16(20-18)12-19-15-8-9-15/h3-7,10-11,13,15,19H,8-9,12H2,1-2H3. The topological polar surface area (TPSA) is 34.1 Å². The molecule has 0 bridgehead atoms. The highest BCUT2D eigenvalue weighted by molar-refractivity contribution is 5.32. The van der Waals surface area contributed by atoms with Gasteiger partial charge in [-0.25, -0.2) is 4.98 Å². The average Bonchev–Trinajstić information content (AvgIpc) is 3.30. The van der Waals surface area contributed by atoms with E-state index in [9.17, 15) is 0 Å². The van der Waals surface area contributed by atoms with Crippen molar-refractivity contribution in [2.75, 3.05) is 0 Å². The Morgan fingerprint density at radius 3 is 2.57 bits per heavy atom. The maximum atomic E-state index is 5.84. The molecule has 0 saturated heterocycles. The van der Waals surface area contributed by atoms with E-state index in [0.29, 0.717) is 17.8 Å². The van der Waals surface area contributed by atoms with Gasteiger partial charge < -0.3 is 10.1 Å². The zero-order chi connectivity index (χ0) is 14.7. The summed E-state index contributed by atoms with van der Waals surface area (Å²) in [6.45, 7) is 5.19. The largest absolute Gasteiger partial charge is 0.439 e. The third-order valence-corrected chi connectivity index (χ3v) is 3.70. The van der Waals surface area contributed by atoms with Crippen LogP contribution < -0.4 is 10.1 Å². The van der Waals surface area contributed by atoms with Crippen molar-refractivity contribution < 1.29 is 4.74 Å². The third-order valence-electron chi connectivity index (χ3n) is 3.70. The quantitative estimate of drug-likeness (QED) is 0.860. The van der Waals surface area contributed by atoms with Crippen LogP contribution in [0, 0.1) is 0 Å². The van der Waals surface area contributed by atoms with Crippen LogP contribution >= 0.6 is 0 Å². The summed E-state index contributed by atoms with van der Waals surface area (Å²) in [4.78, 5) is 4.54. The highest BCUT2D eigenvalue weighted by atomic mass is 16.5. The Morgan fingerprint density at radius 1 is 1.14 bits per heavy atom. The Kier molecular flexibility index (Phi) is 4.20. The number of hydrogen-bond acceptors (Lipinski definition) is 3. The van der Waals surface area contributed by atoms with E-state index in [1.54, 1.807) is 0 Å². The van der Waals surface area contributed by atoms with Crippen molar-refractivity contribution in [3.63, 3.8) is 0 Å². The predicted octanol–water partition coefficient (Wildman–Crippen LogP) is 4.25. The van der Waals surface area contributed by atoms with E-state index in [0.717, 1.165) is 18.0 Å². The molecule has 3 heteroatoms. The number of benzene rings is 1. The van der Waals surface area contributed by atoms with Crippen LogP contribution in [0.4, 0.5) is 0 Å². The lowest BCUT2D eigenvalue weighted by molar-refractivity contribution is 0.459. The van der Waals surface area contributed by atoms with Crippen LogP contribution in [0.5, 0.6) is 11.6 Å². The maximum Gasteiger partial charge on any atom is 0.219 e. The lowest BCUT2D eigenvalue weighted by Crippen LogP contribution is -2.16. The maximum absolute atomic E-state index is 5.84. The SMILES string of the molecule is CC(C)c1ccc(Oc2cccc(CNC3CC3)n2)cc1. The van der Waals surface area contributed by atoms with Crippen molar-refractivity contribution in [3.05, 3.63) is 53.7 Å². The van der Waals surface area contributed by atoms with Gasteiger partial charge in [-0.1, -0.05) is 32.0 Å². The Bertz CT molecular complexity index is 588. The summed E-state index contributed by atoms with van der Waals surface area (Å²) in [5, 5.41) is 3.47. The van der Waals surface area contributed by atoms with Crippen molar-refractivity contribution in [1.82, 2.24) is 10.3 Å². The molecular formula is C18H22N2O. The Balaban J connectivity index is 1.64. The molecule has 1 fully saturated rings. The van der Waals surface area contributed by atoms with Gasteiger partial charge in [0.25, 0.3) is 0 Å². The minimum Gasteiger partial charge on any atom is -0.439 e. The second-order valence-electron chi connectivity index (χ2n) is 5.95. The molecule has 0 spiro atoms. The highest BCUT2D eigenvalue weighted by Gasteiger charge is 2.20. The lowest BCUT2D eigenvalue weighted by atomic mass is 10.0. The van der Waals surface area contributed by atoms with Gasteiger partial charge >= 0.3 is 0 Å². The van der Waals surface area contributed by atoms with Crippen LogP contribution in [-0.2, 0) is 6.54 Å². The second kappa shape index (κ2) is 6.27. The summed E-state index contributed by atoms with van der Waals surface area (Å²) in [5.74, 6) is 2.02. The zero-order valence-corrected chi connectivity index (χ0v) is 12.7. The molecule has 1 aromatic heterocycles. The average molecular weight is 282 g/mol. The van der Waals surface area contributed by atoms with E-state index < -0.39 is 0 Å². The number of ether oxygens (including phenoxy) is 1. The van der Waals surface area contributed by atoms with E-state index in [1.165, 1.54) is 18.4 Å². The van der Waals surface area contributed by atoms with E-state index >= 15 is 0 Å². The summed E-state index contributed by atoms with van der Waals surface area (Å²) >= 11 is 0. The normalized spacial score (nSPS) is 14.4. The van der Waals surface area contributed by atoms with Crippen LogP contribution in [0.25, 0.3) is 0 Å². The molecule has 1 aliphatic carbocycles. The summed E-state index contributed by atoms with van der Waals surface area (Å²) in [6, 6.07) is 14.9. The molecule has 0 radical (unpaired) electrons. The second-order valence-corrected chi connectivity index (χ2v) is 5.95. The zero-order valence-electron chi connectivity index (χ0n) is 12.7. The van der Waals surface area contributed by atoms with Crippen molar-refractivity contribution >= 4 is 0 Å². The van der Waals surface area contributed by atoms with Gasteiger partial charge in [0.1, 0.15) is 5.75 Å². The van der Waals surface area contributed by atoms with Crippen LogP contribution in [-0.4, -0.2) is 11.0 Å². The first-order valence-corrected chi connectivity index (χ1v) is 7.68. The van der Waals surface area contributed by atoms with E-state index in [4.69, 9.17) is 4.74 Å². The first-order valence-electron chi connectivity index (χ1n) is 7.68. The molecule has 1 saturated carbocycles. The molecule has 1 N–H and O–H groups in total. The van der Waals surface area contributed by atoms with Crippen LogP contribution in [0.1, 0.15) is 43.9 Å². The molecular weight excluding hydrogens is 260 g/mol. The molecule has 0 unspecified atom stereocenters. The van der Waals surface area contributed by atoms with Crippen molar-refractivity contribution in [2.24, 2.45) is 0 Å². The molecule has 0 aliphatic heterocycles. The number of nitrogens with zero attached hydrogens (tertiary/aromatic N) is 1. The van der Waals surface area contributed by atoms with Gasteiger partial charge in [0.15, 0.2) is 0 Å². The van der Waals surface area contributed by atoms with Gasteiger partial charge in [-0.15, -0.1) is 0 Å². The molecule has 3 rings (SSSR count). The van der Waals surface area contributed by atoms with Gasteiger partial charge in [-0.3, -0.25) is 0 Å². The molecule has 1 aliphatic rings. The number of aromatic nitrogens is 1. The fraction of sp³-hybridized carbons (Fsp3) is 0.389. The van der Waals surface area contributed by atoms with E-state index in [1.807, 2.05) is 30.3 Å². The minimum absolute atomic E-state index is 0.536. The lowest BCUT2D eigenvalue weighted by Gasteiger charge is -2.09. The first-order chi connectivity index (χ1) is 10.2. The molecule has 3 nitrogen and oxygen atoms in total. The molecule has 0 atom stereocenters. The van der Waals surface area contributed by atoms with E-state index in [2.05, 4.69) is 36.3 Å². The molecule has 2 aromatic rings. The van der Waals surface area contributed by atoms with Gasteiger partial charge in [0.05, 0.1) is 5.69 Å². The number of hydrogen-bond donors (Lipinski definition) is 1. The highest BCUT2D eigenvalue weighted by Crippen LogP contribution is 2.23. The summed E-state index contributed by atoms with van der Waals surface area (Å²) in [6.07, 6.45) is 2.58. The summed E-state index contributed by atoms with van der Waals surface area (Å²) < 4.78 is 5.84. The Labute approximate surface area is 126 Å². The summed E-state index contributed by atoms with van der Waals surface area (Å²) in [5.41, 5.74) is 2.34.